The molecule has 15 heavy (non-hydrogen) atoms. The lowest BCUT2D eigenvalue weighted by Crippen LogP contribution is -2.34. The molecule has 1 rings (SSSR count). The van der Waals surface area contributed by atoms with E-state index in [9.17, 15) is 4.79 Å². The molecule has 0 aromatic rings. The first kappa shape index (κ1) is 12.5. The van der Waals surface area contributed by atoms with E-state index in [1.54, 1.807) is 23.5 Å². The Kier molecular flexibility index (Phi) is 5.06. The first-order valence-corrected chi connectivity index (χ1v) is 6.80. The van der Waals surface area contributed by atoms with Gasteiger partial charge in [-0.25, -0.2) is 0 Å². The Bertz CT molecular complexity index is 320. The number of hydrogen-bond donors (Lipinski definition) is 1. The summed E-state index contributed by atoms with van der Waals surface area (Å²) in [5, 5.41) is 11.7. The zero-order chi connectivity index (χ0) is 11.3. The summed E-state index contributed by atoms with van der Waals surface area (Å²) in [6.45, 7) is 4.06. The molecule has 3 nitrogen and oxygen atoms in total. The van der Waals surface area contributed by atoms with Crippen LogP contribution in [0, 0.1) is 11.3 Å². The van der Waals surface area contributed by atoms with Gasteiger partial charge in [-0.2, -0.15) is 5.26 Å². The van der Waals surface area contributed by atoms with Gasteiger partial charge in [0.1, 0.15) is 11.6 Å². The van der Waals surface area contributed by atoms with Crippen LogP contribution >= 0.6 is 23.5 Å². The summed E-state index contributed by atoms with van der Waals surface area (Å²) in [6, 6.07) is 1.98. The number of nitrogens with zero attached hydrogens (tertiary/aromatic N) is 1. The van der Waals surface area contributed by atoms with E-state index < -0.39 is 0 Å². The average molecular weight is 242 g/mol. The molecule has 1 aliphatic rings. The predicted molar refractivity (Wildman–Crippen MR) is 65.2 cm³/mol. The smallest absolute Gasteiger partial charge is 0.264 e. The lowest BCUT2D eigenvalue weighted by Gasteiger charge is -2.21. The number of nitrogens with one attached hydrogen (secondary N) is 1. The lowest BCUT2D eigenvalue weighted by atomic mass is 10.3. The van der Waals surface area contributed by atoms with E-state index >= 15 is 0 Å². The number of carbonyl (C=O) groups is 1. The van der Waals surface area contributed by atoms with Crippen LogP contribution < -0.4 is 5.32 Å². The van der Waals surface area contributed by atoms with Crippen molar-refractivity contribution >= 4 is 29.4 Å². The normalized spacial score (nSPS) is 21.1. The van der Waals surface area contributed by atoms with E-state index in [-0.39, 0.29) is 16.9 Å². The molecule has 0 aromatic heterocycles. The molecule has 0 aliphatic carbocycles. The number of thioether (sulfide) groups is 2. The molecule has 0 aromatic carbocycles. The molecule has 0 saturated carbocycles. The maximum Gasteiger partial charge on any atom is 0.264 e. The Morgan fingerprint density at radius 2 is 2.40 bits per heavy atom. The molecule has 0 fully saturated rings. The summed E-state index contributed by atoms with van der Waals surface area (Å²) < 4.78 is 0.877. The third-order valence-corrected chi connectivity index (χ3v) is 4.38. The molecule has 1 unspecified atom stereocenters. The summed E-state index contributed by atoms with van der Waals surface area (Å²) in [5.74, 6) is 0.743. The van der Waals surface area contributed by atoms with Crippen molar-refractivity contribution in [1.29, 1.82) is 5.26 Å². The minimum Gasteiger partial charge on any atom is -0.340 e. The number of amides is 1. The van der Waals surface area contributed by atoms with Crippen molar-refractivity contribution in [3.8, 4) is 6.07 Å². The quantitative estimate of drug-likeness (QED) is 0.769. The minimum atomic E-state index is -0.234. The van der Waals surface area contributed by atoms with Crippen LogP contribution in [0.4, 0.5) is 0 Å². The molecule has 1 amide bonds. The van der Waals surface area contributed by atoms with Crippen LogP contribution in [0.15, 0.2) is 9.81 Å². The SMILES string of the molecule is CCCCSC1=C(C#N)C(=O)NC(C)S1. The van der Waals surface area contributed by atoms with Crippen molar-refractivity contribution in [2.45, 2.75) is 32.1 Å². The van der Waals surface area contributed by atoms with Gasteiger partial charge in [0.05, 0.1) is 9.61 Å². The molecule has 1 N–H and O–H groups in total. The lowest BCUT2D eigenvalue weighted by molar-refractivity contribution is -0.117. The van der Waals surface area contributed by atoms with Gasteiger partial charge >= 0.3 is 0 Å². The Morgan fingerprint density at radius 3 is 3.00 bits per heavy atom. The van der Waals surface area contributed by atoms with Gasteiger partial charge in [-0.3, -0.25) is 4.79 Å². The average Bonchev–Trinajstić information content (AvgIpc) is 2.17. The van der Waals surface area contributed by atoms with Crippen LogP contribution in [-0.2, 0) is 4.79 Å². The van der Waals surface area contributed by atoms with Gasteiger partial charge in [0.2, 0.25) is 0 Å². The van der Waals surface area contributed by atoms with Crippen molar-refractivity contribution in [3.63, 3.8) is 0 Å². The second-order valence-corrected chi connectivity index (χ2v) is 5.92. The summed E-state index contributed by atoms with van der Waals surface area (Å²) in [5.41, 5.74) is 0.277. The van der Waals surface area contributed by atoms with Crippen LogP contribution in [-0.4, -0.2) is 17.0 Å². The summed E-state index contributed by atoms with van der Waals surface area (Å²) in [6.07, 6.45) is 2.25. The number of hydrogen-bond acceptors (Lipinski definition) is 4. The van der Waals surface area contributed by atoms with E-state index in [0.717, 1.165) is 22.8 Å². The fourth-order valence-electron chi connectivity index (χ4n) is 1.11. The van der Waals surface area contributed by atoms with Crippen LogP contribution in [0.5, 0.6) is 0 Å². The van der Waals surface area contributed by atoms with Crippen molar-refractivity contribution in [1.82, 2.24) is 5.32 Å². The molecule has 0 radical (unpaired) electrons. The maximum absolute atomic E-state index is 11.5. The molecule has 1 heterocycles. The third kappa shape index (κ3) is 3.47. The van der Waals surface area contributed by atoms with E-state index in [0.29, 0.717) is 0 Å². The van der Waals surface area contributed by atoms with Gasteiger partial charge in [0.15, 0.2) is 0 Å². The van der Waals surface area contributed by atoms with E-state index in [1.165, 1.54) is 0 Å². The van der Waals surface area contributed by atoms with Gasteiger partial charge in [0, 0.05) is 0 Å². The summed E-state index contributed by atoms with van der Waals surface area (Å²) >= 11 is 3.18. The highest BCUT2D eigenvalue weighted by atomic mass is 32.2. The molecule has 5 heteroatoms. The molecule has 0 saturated heterocycles. The highest BCUT2D eigenvalue weighted by molar-refractivity contribution is 8.22. The molecular weight excluding hydrogens is 228 g/mol. The highest BCUT2D eigenvalue weighted by Gasteiger charge is 2.25. The van der Waals surface area contributed by atoms with Gasteiger partial charge in [-0.15, -0.1) is 11.8 Å². The number of unbranched alkanes of at least 4 members (excludes halogenated alkanes) is 1. The Morgan fingerprint density at radius 1 is 1.67 bits per heavy atom. The first-order valence-electron chi connectivity index (χ1n) is 4.93. The van der Waals surface area contributed by atoms with Gasteiger partial charge in [-0.05, 0) is 19.1 Å². The van der Waals surface area contributed by atoms with Crippen LogP contribution in [0.1, 0.15) is 26.7 Å². The molecular formula is C10H14N2OS2. The molecule has 0 bridgehead atoms. The Hall–Kier alpha value is -0.600. The van der Waals surface area contributed by atoms with Gasteiger partial charge < -0.3 is 5.32 Å². The van der Waals surface area contributed by atoms with Crippen molar-refractivity contribution < 1.29 is 4.79 Å². The van der Waals surface area contributed by atoms with Crippen molar-refractivity contribution in [2.75, 3.05) is 5.75 Å². The largest absolute Gasteiger partial charge is 0.340 e. The predicted octanol–water partition coefficient (Wildman–Crippen LogP) is 2.46. The molecule has 82 valence electrons. The fourth-order valence-corrected chi connectivity index (χ4v) is 3.71. The summed E-state index contributed by atoms with van der Waals surface area (Å²) in [7, 11) is 0. The molecule has 1 atom stereocenters. The Balaban J connectivity index is 2.71. The topological polar surface area (TPSA) is 52.9 Å². The zero-order valence-corrected chi connectivity index (χ0v) is 10.5. The van der Waals surface area contributed by atoms with Gasteiger partial charge in [-0.1, -0.05) is 25.1 Å². The van der Waals surface area contributed by atoms with Gasteiger partial charge in [0.25, 0.3) is 5.91 Å². The summed E-state index contributed by atoms with van der Waals surface area (Å²) in [4.78, 5) is 11.5. The Labute approximate surface area is 98.7 Å². The van der Waals surface area contributed by atoms with E-state index in [4.69, 9.17) is 5.26 Å². The minimum absolute atomic E-state index is 0.0683. The van der Waals surface area contributed by atoms with Crippen molar-refractivity contribution in [3.05, 3.63) is 9.81 Å². The third-order valence-electron chi connectivity index (χ3n) is 1.89. The number of nitriles is 1. The van der Waals surface area contributed by atoms with E-state index in [2.05, 4.69) is 12.2 Å². The zero-order valence-electron chi connectivity index (χ0n) is 8.87. The van der Waals surface area contributed by atoms with E-state index in [1.807, 2.05) is 13.0 Å². The molecule has 0 spiro atoms. The second kappa shape index (κ2) is 6.09. The standard InChI is InChI=1S/C10H14N2OS2/c1-3-4-5-14-10-8(6-11)9(13)12-7(2)15-10/h7H,3-5H2,1-2H3,(H,12,13). The monoisotopic (exact) mass is 242 g/mol. The first-order chi connectivity index (χ1) is 7.19. The molecule has 1 aliphatic heterocycles. The maximum atomic E-state index is 11.5. The number of carbonyl (C=O) groups excluding carboxylic acids is 1. The number of rotatable bonds is 4. The van der Waals surface area contributed by atoms with Crippen LogP contribution in [0.2, 0.25) is 0 Å². The van der Waals surface area contributed by atoms with Crippen LogP contribution in [0.3, 0.4) is 0 Å². The second-order valence-electron chi connectivity index (χ2n) is 3.21. The highest BCUT2D eigenvalue weighted by Crippen LogP contribution is 2.37. The fraction of sp³-hybridized carbons (Fsp3) is 0.600. The van der Waals surface area contributed by atoms with Crippen LogP contribution in [0.25, 0.3) is 0 Å². The van der Waals surface area contributed by atoms with Crippen molar-refractivity contribution in [2.24, 2.45) is 0 Å².